The van der Waals surface area contributed by atoms with Crippen molar-refractivity contribution in [1.29, 1.82) is 0 Å². The summed E-state index contributed by atoms with van der Waals surface area (Å²) in [6.45, 7) is 6.61. The zero-order valence-electron chi connectivity index (χ0n) is 11.8. The standard InChI is InChI=1S/C13H16BrCl2NO3S/c1-7(2)8(3)6-17-13(18)9-4-12(21(16,19)20)10(14)5-11(9)15/h4-5,7-8H,6H2,1-3H3,(H,17,18). The highest BCUT2D eigenvalue weighted by molar-refractivity contribution is 9.10. The van der Waals surface area contributed by atoms with Gasteiger partial charge in [-0.2, -0.15) is 0 Å². The molecule has 118 valence electrons. The monoisotopic (exact) mass is 415 g/mol. The van der Waals surface area contributed by atoms with E-state index in [1.807, 2.05) is 6.92 Å². The van der Waals surface area contributed by atoms with E-state index in [0.29, 0.717) is 18.4 Å². The van der Waals surface area contributed by atoms with Crippen LogP contribution >= 0.6 is 38.2 Å². The van der Waals surface area contributed by atoms with Gasteiger partial charge in [0, 0.05) is 21.7 Å². The molecule has 1 aromatic carbocycles. The maximum absolute atomic E-state index is 12.1. The Morgan fingerprint density at radius 2 is 1.90 bits per heavy atom. The van der Waals surface area contributed by atoms with Gasteiger partial charge in [0.15, 0.2) is 0 Å². The fourth-order valence-corrected chi connectivity index (χ4v) is 4.05. The van der Waals surface area contributed by atoms with E-state index in [1.165, 1.54) is 12.1 Å². The number of benzene rings is 1. The lowest BCUT2D eigenvalue weighted by Gasteiger charge is -2.16. The molecular formula is C13H16BrCl2NO3S. The van der Waals surface area contributed by atoms with Crippen LogP contribution in [0, 0.1) is 11.8 Å². The predicted octanol–water partition coefficient (Wildman–Crippen LogP) is 4.05. The molecule has 0 aliphatic rings. The van der Waals surface area contributed by atoms with Gasteiger partial charge >= 0.3 is 0 Å². The van der Waals surface area contributed by atoms with Gasteiger partial charge in [-0.3, -0.25) is 4.79 Å². The van der Waals surface area contributed by atoms with Crippen molar-refractivity contribution in [3.63, 3.8) is 0 Å². The summed E-state index contributed by atoms with van der Waals surface area (Å²) < 4.78 is 23.1. The van der Waals surface area contributed by atoms with Gasteiger partial charge in [0.2, 0.25) is 0 Å². The Hall–Kier alpha value is -0.300. The zero-order valence-corrected chi connectivity index (χ0v) is 15.7. The summed E-state index contributed by atoms with van der Waals surface area (Å²) >= 11 is 9.06. The second-order valence-corrected chi connectivity index (χ2v) is 8.93. The summed E-state index contributed by atoms with van der Waals surface area (Å²) in [7, 11) is 1.37. The molecular weight excluding hydrogens is 401 g/mol. The Morgan fingerprint density at radius 3 is 2.38 bits per heavy atom. The Kier molecular flexibility index (Phi) is 6.53. The van der Waals surface area contributed by atoms with Crippen LogP contribution in [0.15, 0.2) is 21.5 Å². The molecule has 1 N–H and O–H groups in total. The molecule has 0 radical (unpaired) electrons. The van der Waals surface area contributed by atoms with Crippen LogP contribution in [0.25, 0.3) is 0 Å². The van der Waals surface area contributed by atoms with Gasteiger partial charge in [-0.25, -0.2) is 8.42 Å². The fourth-order valence-electron chi connectivity index (χ4n) is 1.47. The molecule has 0 spiro atoms. The molecule has 4 nitrogen and oxygen atoms in total. The minimum atomic E-state index is -3.96. The minimum Gasteiger partial charge on any atom is -0.352 e. The van der Waals surface area contributed by atoms with E-state index < -0.39 is 15.0 Å². The van der Waals surface area contributed by atoms with E-state index in [2.05, 4.69) is 35.1 Å². The van der Waals surface area contributed by atoms with Gasteiger partial charge in [-0.05, 0) is 39.9 Å². The minimum absolute atomic E-state index is 0.0787. The number of carbonyl (C=O) groups excluding carboxylic acids is 1. The largest absolute Gasteiger partial charge is 0.352 e. The molecule has 1 unspecified atom stereocenters. The van der Waals surface area contributed by atoms with Crippen molar-refractivity contribution in [3.8, 4) is 0 Å². The molecule has 0 bridgehead atoms. The van der Waals surface area contributed by atoms with Gasteiger partial charge in [-0.15, -0.1) is 0 Å². The lowest BCUT2D eigenvalue weighted by atomic mass is 9.98. The summed E-state index contributed by atoms with van der Waals surface area (Å²) in [5.74, 6) is 0.283. The molecule has 0 heterocycles. The van der Waals surface area contributed by atoms with Crippen LogP contribution < -0.4 is 5.32 Å². The highest BCUT2D eigenvalue weighted by atomic mass is 79.9. The second kappa shape index (κ2) is 7.31. The van der Waals surface area contributed by atoms with Crippen LogP contribution in [0.2, 0.25) is 5.02 Å². The third-order valence-corrected chi connectivity index (χ3v) is 5.84. The summed E-state index contributed by atoms with van der Waals surface area (Å²) in [6, 6.07) is 2.52. The number of hydrogen-bond donors (Lipinski definition) is 1. The smallest absolute Gasteiger partial charge is 0.262 e. The molecule has 1 aromatic rings. The van der Waals surface area contributed by atoms with Crippen molar-refractivity contribution in [2.24, 2.45) is 11.8 Å². The van der Waals surface area contributed by atoms with Crippen molar-refractivity contribution in [3.05, 3.63) is 27.2 Å². The molecule has 0 aliphatic carbocycles. The SMILES string of the molecule is CC(C)C(C)CNC(=O)c1cc(S(=O)(=O)Cl)c(Br)cc1Cl. The van der Waals surface area contributed by atoms with E-state index in [1.54, 1.807) is 0 Å². The lowest BCUT2D eigenvalue weighted by Crippen LogP contribution is -2.30. The van der Waals surface area contributed by atoms with Gasteiger partial charge in [0.05, 0.1) is 15.5 Å². The maximum atomic E-state index is 12.1. The summed E-state index contributed by atoms with van der Waals surface area (Å²) in [5, 5.41) is 2.90. The molecule has 0 saturated carbocycles. The third-order valence-electron chi connectivity index (χ3n) is 3.25. The summed E-state index contributed by atoms with van der Waals surface area (Å²) in [5.41, 5.74) is 0.0787. The van der Waals surface area contributed by atoms with Gasteiger partial charge in [0.1, 0.15) is 0 Å². The van der Waals surface area contributed by atoms with E-state index in [4.69, 9.17) is 22.3 Å². The Morgan fingerprint density at radius 1 is 1.33 bits per heavy atom. The van der Waals surface area contributed by atoms with Crippen molar-refractivity contribution in [2.45, 2.75) is 25.7 Å². The first kappa shape index (κ1) is 18.7. The maximum Gasteiger partial charge on any atom is 0.262 e. The van der Waals surface area contributed by atoms with Crippen LogP contribution in [0.5, 0.6) is 0 Å². The lowest BCUT2D eigenvalue weighted by molar-refractivity contribution is 0.0945. The first-order chi connectivity index (χ1) is 9.54. The third kappa shape index (κ3) is 5.13. The van der Waals surface area contributed by atoms with Crippen LogP contribution in [0.1, 0.15) is 31.1 Å². The first-order valence-electron chi connectivity index (χ1n) is 6.26. The van der Waals surface area contributed by atoms with Crippen molar-refractivity contribution >= 4 is 53.2 Å². The highest BCUT2D eigenvalue weighted by Gasteiger charge is 2.21. The Bertz CT molecular complexity index is 647. The molecule has 0 aliphatic heterocycles. The topological polar surface area (TPSA) is 63.2 Å². The zero-order chi connectivity index (χ0) is 16.4. The van der Waals surface area contributed by atoms with Crippen LogP contribution in [-0.4, -0.2) is 20.9 Å². The average molecular weight is 417 g/mol. The number of halogens is 3. The molecule has 1 atom stereocenters. The van der Waals surface area contributed by atoms with Crippen LogP contribution in [0.4, 0.5) is 0 Å². The number of nitrogens with one attached hydrogen (secondary N) is 1. The number of carbonyl (C=O) groups is 1. The Balaban J connectivity index is 3.05. The van der Waals surface area contributed by atoms with Crippen molar-refractivity contribution in [1.82, 2.24) is 5.32 Å². The van der Waals surface area contributed by atoms with Crippen LogP contribution in [0.3, 0.4) is 0 Å². The summed E-state index contributed by atoms with van der Waals surface area (Å²) in [4.78, 5) is 11.9. The summed E-state index contributed by atoms with van der Waals surface area (Å²) in [6.07, 6.45) is 0. The fraction of sp³-hybridized carbons (Fsp3) is 0.462. The highest BCUT2D eigenvalue weighted by Crippen LogP contribution is 2.31. The van der Waals surface area contributed by atoms with E-state index in [-0.39, 0.29) is 20.0 Å². The molecule has 8 heteroatoms. The normalized spacial score (nSPS) is 13.3. The average Bonchev–Trinajstić information content (AvgIpc) is 2.33. The number of hydrogen-bond acceptors (Lipinski definition) is 3. The molecule has 21 heavy (non-hydrogen) atoms. The molecule has 1 amide bonds. The van der Waals surface area contributed by atoms with Crippen LogP contribution in [-0.2, 0) is 9.05 Å². The quantitative estimate of drug-likeness (QED) is 0.736. The molecule has 1 rings (SSSR count). The predicted molar refractivity (Wildman–Crippen MR) is 88.5 cm³/mol. The second-order valence-electron chi connectivity index (χ2n) is 5.13. The van der Waals surface area contributed by atoms with Gasteiger partial charge in [0.25, 0.3) is 15.0 Å². The van der Waals surface area contributed by atoms with E-state index in [9.17, 15) is 13.2 Å². The van der Waals surface area contributed by atoms with E-state index >= 15 is 0 Å². The number of rotatable bonds is 5. The molecule has 0 saturated heterocycles. The molecule has 0 fully saturated rings. The number of amides is 1. The van der Waals surface area contributed by atoms with Gasteiger partial charge in [-0.1, -0.05) is 32.4 Å². The first-order valence-corrected chi connectivity index (χ1v) is 9.74. The molecule has 0 aromatic heterocycles. The van der Waals surface area contributed by atoms with Crippen molar-refractivity contribution < 1.29 is 13.2 Å². The van der Waals surface area contributed by atoms with E-state index in [0.717, 1.165) is 0 Å². The Labute approximate surface area is 142 Å². The van der Waals surface area contributed by atoms with Crippen molar-refractivity contribution in [2.75, 3.05) is 6.54 Å². The van der Waals surface area contributed by atoms with Gasteiger partial charge < -0.3 is 5.32 Å².